The van der Waals surface area contributed by atoms with Gasteiger partial charge in [0.1, 0.15) is 10.6 Å². The third-order valence-electron chi connectivity index (χ3n) is 5.81. The molecule has 2 aliphatic carbocycles. The lowest BCUT2D eigenvalue weighted by Crippen LogP contribution is -2.31. The molecule has 1 aromatic carbocycles. The molecule has 1 unspecified atom stereocenters. The van der Waals surface area contributed by atoms with E-state index in [0.717, 1.165) is 6.08 Å². The van der Waals surface area contributed by atoms with Gasteiger partial charge in [-0.15, -0.1) is 0 Å². The van der Waals surface area contributed by atoms with Crippen molar-refractivity contribution in [1.29, 1.82) is 0 Å². The van der Waals surface area contributed by atoms with Gasteiger partial charge in [0.05, 0.1) is 26.9 Å². The van der Waals surface area contributed by atoms with Gasteiger partial charge in [-0.3, -0.25) is 18.2 Å². The van der Waals surface area contributed by atoms with Crippen LogP contribution in [0.3, 0.4) is 0 Å². The maximum atomic E-state index is 11.8. The number of aliphatic imine (C=N–C) groups is 4. The van der Waals surface area contributed by atoms with Crippen LogP contribution in [-0.2, 0) is 40.5 Å². The van der Waals surface area contributed by atoms with Crippen LogP contribution in [0.2, 0.25) is 0 Å². The Morgan fingerprint density at radius 1 is 0.675 bits per heavy atom. The zero-order valence-electron chi connectivity index (χ0n) is 19.3. The van der Waals surface area contributed by atoms with Crippen LogP contribution in [0.15, 0.2) is 88.6 Å². The van der Waals surface area contributed by atoms with E-state index >= 15 is 0 Å². The Labute approximate surface area is 226 Å². The van der Waals surface area contributed by atoms with E-state index in [1.807, 2.05) is 0 Å². The van der Waals surface area contributed by atoms with Crippen molar-refractivity contribution >= 4 is 63.6 Å². The van der Waals surface area contributed by atoms with Crippen LogP contribution in [0, 0.1) is 0 Å². The molecule has 210 valence electrons. The first-order valence-corrected chi connectivity index (χ1v) is 16.4. The van der Waals surface area contributed by atoms with Gasteiger partial charge in [0.25, 0.3) is 40.5 Å². The second-order valence-electron chi connectivity index (χ2n) is 8.46. The minimum absolute atomic E-state index is 0.0628. The van der Waals surface area contributed by atoms with Crippen molar-refractivity contribution < 1.29 is 51.9 Å². The maximum absolute atomic E-state index is 11.8. The predicted octanol–water partition coefficient (Wildman–Crippen LogP) is 0.289. The molecule has 0 spiro atoms. The Hall–Kier alpha value is -3.50. The summed E-state index contributed by atoms with van der Waals surface area (Å²) in [5.41, 5.74) is -0.380. The molecule has 0 saturated carbocycles. The summed E-state index contributed by atoms with van der Waals surface area (Å²) in [5.74, 6) is -0.134. The van der Waals surface area contributed by atoms with Crippen molar-refractivity contribution in [3.05, 3.63) is 79.7 Å². The van der Waals surface area contributed by atoms with Gasteiger partial charge >= 0.3 is 0 Å². The van der Waals surface area contributed by atoms with Crippen molar-refractivity contribution in [2.45, 2.75) is 11.7 Å². The van der Waals surface area contributed by atoms with E-state index in [1.165, 1.54) is 24.3 Å². The Kier molecular flexibility index (Phi) is 6.31. The van der Waals surface area contributed by atoms with E-state index in [9.17, 15) is 51.9 Å². The first-order chi connectivity index (χ1) is 18.3. The van der Waals surface area contributed by atoms with E-state index in [2.05, 4.69) is 20.0 Å². The number of nitrogens with zero attached hydrogens (tertiary/aromatic N) is 4. The number of rotatable bonds is 6. The molecule has 0 saturated heterocycles. The molecule has 4 N–H and O–H groups in total. The number of benzene rings is 1. The molecule has 0 bridgehead atoms. The topological polar surface area (TPSA) is 267 Å². The van der Waals surface area contributed by atoms with Crippen molar-refractivity contribution in [1.82, 2.24) is 0 Å². The molecular formula is C20H14N4O12S4. The van der Waals surface area contributed by atoms with Gasteiger partial charge in [0.2, 0.25) is 0 Å². The van der Waals surface area contributed by atoms with Crippen molar-refractivity contribution in [2.75, 3.05) is 0 Å². The third-order valence-corrected chi connectivity index (χ3v) is 9.45. The second kappa shape index (κ2) is 9.01. The summed E-state index contributed by atoms with van der Waals surface area (Å²) >= 11 is 0. The lowest BCUT2D eigenvalue weighted by molar-refractivity contribution is 0.481. The quantitative estimate of drug-likeness (QED) is 0.309. The monoisotopic (exact) mass is 630 g/mol. The van der Waals surface area contributed by atoms with Crippen molar-refractivity contribution in [3.63, 3.8) is 0 Å². The number of allylic oxidation sites excluding steroid dienone is 5. The minimum Gasteiger partial charge on any atom is -0.285 e. The lowest BCUT2D eigenvalue weighted by Gasteiger charge is -2.15. The van der Waals surface area contributed by atoms with Crippen LogP contribution in [0.4, 0.5) is 0 Å². The zero-order valence-corrected chi connectivity index (χ0v) is 22.6. The van der Waals surface area contributed by atoms with Gasteiger partial charge < -0.3 is 0 Å². The fourth-order valence-corrected chi connectivity index (χ4v) is 6.79. The smallest absolute Gasteiger partial charge is 0.285 e. The Morgan fingerprint density at radius 2 is 1.25 bits per heavy atom. The minimum atomic E-state index is -4.95. The van der Waals surface area contributed by atoms with Gasteiger partial charge in [0.15, 0.2) is 16.9 Å². The fraction of sp³-hybridized carbons (Fsp3) is 0.100. The van der Waals surface area contributed by atoms with Crippen LogP contribution < -0.4 is 0 Å². The van der Waals surface area contributed by atoms with E-state index in [-0.39, 0.29) is 45.6 Å². The highest BCUT2D eigenvalue weighted by Gasteiger charge is 2.38. The Bertz CT molecular complexity index is 2100. The highest BCUT2D eigenvalue weighted by Crippen LogP contribution is 2.33. The second-order valence-corrected chi connectivity index (χ2v) is 14.3. The Morgan fingerprint density at radius 3 is 1.75 bits per heavy atom. The van der Waals surface area contributed by atoms with Gasteiger partial charge in [-0.2, -0.15) is 33.7 Å². The lowest BCUT2D eigenvalue weighted by atomic mass is 10.1. The molecule has 5 rings (SSSR count). The Balaban J connectivity index is 1.50. The number of amidine groups is 2. The van der Waals surface area contributed by atoms with Crippen molar-refractivity contribution in [3.8, 4) is 0 Å². The van der Waals surface area contributed by atoms with Crippen LogP contribution in [-0.4, -0.2) is 80.2 Å². The highest BCUT2D eigenvalue weighted by atomic mass is 32.2. The molecule has 4 aliphatic rings. The van der Waals surface area contributed by atoms with E-state index < -0.39 is 66.9 Å². The zero-order chi connectivity index (χ0) is 29.4. The molecule has 16 nitrogen and oxygen atoms in total. The standard InChI is InChI=1S/C20H14N4O12S4/c25-37(26,27)11-5-13-17(15(7-11)39(31,32)33)23-19(21-13)9-1-2-10(4-3-9)20-22-14-6-12(38(28,29)30)8-16(18(14)24-20)40(34,35)36/h1-5,7-8,15H,6H2,(H,25,26,27)(H,28,29,30)(H,31,32,33)(H,34,35,36). The molecule has 0 amide bonds. The summed E-state index contributed by atoms with van der Waals surface area (Å²) in [6.45, 7) is 0. The van der Waals surface area contributed by atoms with E-state index in [0.29, 0.717) is 12.2 Å². The molecule has 1 atom stereocenters. The van der Waals surface area contributed by atoms with Crippen molar-refractivity contribution in [2.24, 2.45) is 20.0 Å². The molecule has 0 radical (unpaired) electrons. The van der Waals surface area contributed by atoms with Crippen LogP contribution in [0.5, 0.6) is 0 Å². The molecule has 0 fully saturated rings. The summed E-state index contributed by atoms with van der Waals surface area (Å²) in [7, 11) is -19.5. The number of fused-ring (bicyclic) bond motifs is 2. The maximum Gasteiger partial charge on any atom is 0.296 e. The highest BCUT2D eigenvalue weighted by molar-refractivity contribution is 7.91. The molecule has 1 aromatic rings. The van der Waals surface area contributed by atoms with Gasteiger partial charge in [0, 0.05) is 17.5 Å². The van der Waals surface area contributed by atoms with Gasteiger partial charge in [-0.05, 0) is 18.2 Å². The van der Waals surface area contributed by atoms with Crippen LogP contribution in [0.1, 0.15) is 17.5 Å². The molecule has 40 heavy (non-hydrogen) atoms. The molecule has 20 heteroatoms. The van der Waals surface area contributed by atoms with Crippen LogP contribution in [0.25, 0.3) is 0 Å². The average Bonchev–Trinajstić information content (AvgIpc) is 3.44. The largest absolute Gasteiger partial charge is 0.296 e. The first-order valence-electron chi connectivity index (χ1n) is 10.5. The summed E-state index contributed by atoms with van der Waals surface area (Å²) < 4.78 is 131. The van der Waals surface area contributed by atoms with E-state index in [1.54, 1.807) is 0 Å². The average molecular weight is 631 g/mol. The SMILES string of the molecule is O=S(=O)(O)C1=CC(S(=O)(=O)O)C2=NC(c3ccc(C4=NC5=C(S(=O)(=O)O)C=C(S(=O)(=O)O)CC5=N4)cc3)=NC2=C1. The van der Waals surface area contributed by atoms with Gasteiger partial charge in [-0.1, -0.05) is 24.3 Å². The number of hydrogen-bond acceptors (Lipinski definition) is 12. The normalized spacial score (nSPS) is 21.4. The molecule has 0 aromatic heterocycles. The summed E-state index contributed by atoms with van der Waals surface area (Å²) in [6, 6.07) is 5.73. The number of hydrogen-bond donors (Lipinski definition) is 4. The van der Waals surface area contributed by atoms with Crippen LogP contribution >= 0.6 is 0 Å². The summed E-state index contributed by atoms with van der Waals surface area (Å²) in [4.78, 5) is 14.0. The third kappa shape index (κ3) is 5.17. The van der Waals surface area contributed by atoms with Gasteiger partial charge in [-0.25, -0.2) is 20.0 Å². The molecule has 2 aliphatic heterocycles. The molecule has 2 heterocycles. The predicted molar refractivity (Wildman–Crippen MR) is 140 cm³/mol. The molecular weight excluding hydrogens is 617 g/mol. The fourth-order valence-electron chi connectivity index (χ4n) is 4.00. The summed E-state index contributed by atoms with van der Waals surface area (Å²) in [6.07, 6.45) is 1.60. The first kappa shape index (κ1) is 28.0. The summed E-state index contributed by atoms with van der Waals surface area (Å²) in [5, 5.41) is -1.91. The van der Waals surface area contributed by atoms with E-state index in [4.69, 9.17) is 0 Å².